The first-order valence-electron chi connectivity index (χ1n) is 7.91. The molecule has 1 amide bonds. The molecule has 2 aromatic rings. The van der Waals surface area contributed by atoms with Gasteiger partial charge < -0.3 is 20.8 Å². The number of hydrogen-bond donors (Lipinski definition) is 4. The molecule has 0 aromatic carbocycles. The molecule has 1 aliphatic rings. The lowest BCUT2D eigenvalue weighted by atomic mass is 9.88. The maximum atomic E-state index is 11.3. The summed E-state index contributed by atoms with van der Waals surface area (Å²) >= 11 is 0. The van der Waals surface area contributed by atoms with Gasteiger partial charge in [-0.2, -0.15) is 10.2 Å². The van der Waals surface area contributed by atoms with Crippen LogP contribution in [0.3, 0.4) is 0 Å². The molecule has 0 aliphatic heterocycles. The zero-order chi connectivity index (χ0) is 18.7. The average Bonchev–Trinajstić information content (AvgIpc) is 3.12. The van der Waals surface area contributed by atoms with Gasteiger partial charge in [-0.1, -0.05) is 0 Å². The Morgan fingerprint density at radius 2 is 2.00 bits per heavy atom. The third-order valence-electron chi connectivity index (χ3n) is 4.19. The minimum atomic E-state index is -1.23. The number of anilines is 1. The third-order valence-corrected chi connectivity index (χ3v) is 4.19. The van der Waals surface area contributed by atoms with Gasteiger partial charge in [-0.15, -0.1) is 4.80 Å². The maximum Gasteiger partial charge on any atom is 0.404 e. The largest absolute Gasteiger partial charge is 0.465 e. The molecule has 4 N–H and O–H groups in total. The van der Waals surface area contributed by atoms with Crippen molar-refractivity contribution in [2.24, 2.45) is 0 Å². The Kier molecular flexibility index (Phi) is 4.93. The van der Waals surface area contributed by atoms with Crippen LogP contribution >= 0.6 is 0 Å². The monoisotopic (exact) mass is 363 g/mol. The summed E-state index contributed by atoms with van der Waals surface area (Å²) in [5.41, 5.74) is -0.112. The number of carboxylic acid groups (broad SMARTS) is 1. The van der Waals surface area contributed by atoms with Crippen LogP contribution in [0.1, 0.15) is 19.3 Å². The third kappa shape index (κ3) is 3.69. The van der Waals surface area contributed by atoms with E-state index < -0.39 is 29.2 Å². The predicted molar refractivity (Wildman–Crippen MR) is 88.0 cm³/mol. The van der Waals surface area contributed by atoms with E-state index in [-0.39, 0.29) is 17.2 Å². The Balaban J connectivity index is 1.86. The summed E-state index contributed by atoms with van der Waals surface area (Å²) in [6, 6.07) is 0.214. The van der Waals surface area contributed by atoms with E-state index in [1.54, 1.807) is 0 Å². The zero-order valence-corrected chi connectivity index (χ0v) is 13.5. The first-order valence-corrected chi connectivity index (χ1v) is 7.91. The number of aliphatic hydroxyl groups excluding tert-OH is 1. The molecule has 2 aromatic heterocycles. The fourth-order valence-electron chi connectivity index (χ4n) is 2.99. The van der Waals surface area contributed by atoms with Crippen LogP contribution in [0.2, 0.25) is 0 Å². The molecule has 1 aliphatic carbocycles. The second kappa shape index (κ2) is 7.31. The number of aromatic nitrogens is 4. The number of nitro groups is 1. The summed E-state index contributed by atoms with van der Waals surface area (Å²) in [7, 11) is 0. The highest BCUT2D eigenvalue weighted by Gasteiger charge is 2.34. The fourth-order valence-corrected chi connectivity index (χ4v) is 2.99. The number of nitrogens with one attached hydrogen (secondary N) is 2. The van der Waals surface area contributed by atoms with Gasteiger partial charge >= 0.3 is 11.8 Å². The highest BCUT2D eigenvalue weighted by atomic mass is 16.6. The van der Waals surface area contributed by atoms with Crippen LogP contribution < -0.4 is 10.6 Å². The Bertz CT molecular complexity index is 797. The van der Waals surface area contributed by atoms with E-state index in [0.29, 0.717) is 19.3 Å². The SMILES string of the molecule is O=C(O)NC1CCCC(Nc2cc(-n3nccn3)ncc2[N+](=O)[O-])C1O. The molecule has 2 heterocycles. The van der Waals surface area contributed by atoms with Crippen LogP contribution in [0, 0.1) is 10.1 Å². The lowest BCUT2D eigenvalue weighted by molar-refractivity contribution is -0.384. The molecule has 3 rings (SSSR count). The molecule has 3 unspecified atom stereocenters. The Morgan fingerprint density at radius 3 is 2.65 bits per heavy atom. The van der Waals surface area contributed by atoms with E-state index >= 15 is 0 Å². The van der Waals surface area contributed by atoms with Crippen LogP contribution in [-0.2, 0) is 0 Å². The lowest BCUT2D eigenvalue weighted by Crippen LogP contribution is -2.53. The molecule has 3 atom stereocenters. The van der Waals surface area contributed by atoms with E-state index in [4.69, 9.17) is 5.11 Å². The van der Waals surface area contributed by atoms with Gasteiger partial charge in [-0.3, -0.25) is 10.1 Å². The summed E-state index contributed by atoms with van der Waals surface area (Å²) in [5.74, 6) is 0.272. The van der Waals surface area contributed by atoms with Crippen molar-refractivity contribution in [3.05, 3.63) is 34.8 Å². The van der Waals surface area contributed by atoms with Crippen LogP contribution in [0.25, 0.3) is 5.82 Å². The molecule has 1 fully saturated rings. The van der Waals surface area contributed by atoms with Gasteiger partial charge in [-0.25, -0.2) is 9.78 Å². The predicted octanol–water partition coefficient (Wildman–Crippen LogP) is 0.532. The number of amides is 1. The second-order valence-corrected chi connectivity index (χ2v) is 5.86. The molecule has 12 nitrogen and oxygen atoms in total. The van der Waals surface area contributed by atoms with E-state index in [1.807, 2.05) is 0 Å². The standard InChI is InChI=1S/C14H17N7O5/c22-13-8(2-1-3-9(13)19-14(23)24)18-10-6-12(20-16-4-5-17-20)15-7-11(10)21(25)26/h4-9,13,19,22H,1-3H2,(H,15,18)(H,23,24). The smallest absolute Gasteiger partial charge is 0.404 e. The van der Waals surface area contributed by atoms with Crippen LogP contribution in [0.5, 0.6) is 0 Å². The zero-order valence-electron chi connectivity index (χ0n) is 13.5. The number of rotatable bonds is 5. The topological polar surface area (TPSA) is 168 Å². The van der Waals surface area contributed by atoms with Crippen molar-refractivity contribution >= 4 is 17.5 Å². The number of carbonyl (C=O) groups is 1. The lowest BCUT2D eigenvalue weighted by Gasteiger charge is -2.35. The first-order chi connectivity index (χ1) is 12.5. The summed E-state index contributed by atoms with van der Waals surface area (Å²) in [4.78, 5) is 26.7. The van der Waals surface area contributed by atoms with Crippen molar-refractivity contribution in [2.75, 3.05) is 5.32 Å². The highest BCUT2D eigenvalue weighted by molar-refractivity contribution is 5.65. The molecular weight excluding hydrogens is 346 g/mol. The first kappa shape index (κ1) is 17.5. The van der Waals surface area contributed by atoms with Gasteiger partial charge in [0.25, 0.3) is 0 Å². The second-order valence-electron chi connectivity index (χ2n) is 5.86. The van der Waals surface area contributed by atoms with E-state index in [9.17, 15) is 20.0 Å². The van der Waals surface area contributed by atoms with Gasteiger partial charge in [0.05, 0.1) is 35.5 Å². The van der Waals surface area contributed by atoms with Crippen LogP contribution in [0.15, 0.2) is 24.7 Å². The maximum absolute atomic E-state index is 11.3. The normalized spacial score (nSPS) is 22.6. The van der Waals surface area contributed by atoms with Crippen molar-refractivity contribution in [2.45, 2.75) is 37.5 Å². The summed E-state index contributed by atoms with van der Waals surface area (Å²) in [5, 5.41) is 43.7. The summed E-state index contributed by atoms with van der Waals surface area (Å²) < 4.78 is 0. The Hall–Kier alpha value is -3.28. The molecule has 138 valence electrons. The summed E-state index contributed by atoms with van der Waals surface area (Å²) in [6.07, 6.45) is 3.41. The minimum Gasteiger partial charge on any atom is -0.465 e. The van der Waals surface area contributed by atoms with E-state index in [2.05, 4.69) is 25.8 Å². The molecule has 12 heteroatoms. The Labute approximate surface area is 147 Å². The van der Waals surface area contributed by atoms with Crippen molar-refractivity contribution in [1.29, 1.82) is 0 Å². The number of nitrogens with zero attached hydrogens (tertiary/aromatic N) is 5. The number of aliphatic hydroxyl groups is 1. The highest BCUT2D eigenvalue weighted by Crippen LogP contribution is 2.29. The van der Waals surface area contributed by atoms with Crippen LogP contribution in [0.4, 0.5) is 16.2 Å². The molecule has 1 saturated carbocycles. The van der Waals surface area contributed by atoms with Gasteiger partial charge in [0.15, 0.2) is 5.82 Å². The van der Waals surface area contributed by atoms with Crippen molar-refractivity contribution in [3.63, 3.8) is 0 Å². The molecule has 0 radical (unpaired) electrons. The van der Waals surface area contributed by atoms with E-state index in [1.165, 1.54) is 23.3 Å². The average molecular weight is 363 g/mol. The van der Waals surface area contributed by atoms with Crippen LogP contribution in [-0.4, -0.2) is 59.4 Å². The van der Waals surface area contributed by atoms with Gasteiger partial charge in [-0.05, 0) is 19.3 Å². The van der Waals surface area contributed by atoms with Gasteiger partial charge in [0.1, 0.15) is 11.9 Å². The molecule has 26 heavy (non-hydrogen) atoms. The molecular formula is C14H17N7O5. The number of hydrogen-bond acceptors (Lipinski definition) is 8. The molecule has 0 saturated heterocycles. The fraction of sp³-hybridized carbons (Fsp3) is 0.429. The quantitative estimate of drug-likeness (QED) is 0.437. The summed E-state index contributed by atoms with van der Waals surface area (Å²) in [6.45, 7) is 0. The van der Waals surface area contributed by atoms with E-state index in [0.717, 1.165) is 6.20 Å². The van der Waals surface area contributed by atoms with Gasteiger partial charge in [0.2, 0.25) is 0 Å². The van der Waals surface area contributed by atoms with Crippen molar-refractivity contribution in [1.82, 2.24) is 25.3 Å². The number of pyridine rings is 1. The Morgan fingerprint density at radius 1 is 1.31 bits per heavy atom. The van der Waals surface area contributed by atoms with Crippen molar-refractivity contribution in [3.8, 4) is 5.82 Å². The minimum absolute atomic E-state index is 0.150. The molecule has 0 spiro atoms. The van der Waals surface area contributed by atoms with Crippen molar-refractivity contribution < 1.29 is 19.9 Å². The molecule has 0 bridgehead atoms. The van der Waals surface area contributed by atoms with Gasteiger partial charge in [0, 0.05) is 6.07 Å².